The average Bonchev–Trinajstić information content (AvgIpc) is 2.88. The maximum atomic E-state index is 11.4. The third-order valence-electron chi connectivity index (χ3n) is 3.58. The molecule has 5 nitrogen and oxygen atoms in total. The van der Waals surface area contributed by atoms with Gasteiger partial charge in [0.05, 0.1) is 13.0 Å². The quantitative estimate of drug-likeness (QED) is 0.774. The van der Waals surface area contributed by atoms with E-state index in [2.05, 4.69) is 10.1 Å². The minimum absolute atomic E-state index is 0.0405. The van der Waals surface area contributed by atoms with Crippen molar-refractivity contribution in [2.75, 3.05) is 7.11 Å². The fourth-order valence-electron chi connectivity index (χ4n) is 2.39. The molecule has 0 spiro atoms. The molecule has 2 rings (SSSR count). The third kappa shape index (κ3) is 2.71. The summed E-state index contributed by atoms with van der Waals surface area (Å²) in [5.41, 5.74) is 0. The molecule has 1 fully saturated rings. The lowest BCUT2D eigenvalue weighted by Crippen LogP contribution is -2.22. The van der Waals surface area contributed by atoms with Gasteiger partial charge in [0.25, 0.3) is 0 Å². The highest BCUT2D eigenvalue weighted by Gasteiger charge is 2.30. The molecule has 18 heavy (non-hydrogen) atoms. The lowest BCUT2D eigenvalue weighted by molar-refractivity contribution is -0.146. The lowest BCUT2D eigenvalue weighted by Gasteiger charge is -2.24. The molecule has 0 aromatic carbocycles. The zero-order valence-electron chi connectivity index (χ0n) is 11.2. The highest BCUT2D eigenvalue weighted by Crippen LogP contribution is 2.35. The van der Waals surface area contributed by atoms with E-state index in [-0.39, 0.29) is 17.8 Å². The zero-order valence-corrected chi connectivity index (χ0v) is 11.2. The standard InChI is InChI=1S/C13H20N2O3/c1-8(2)11-14-12(18-15-11)9-4-6-10(7-5-9)13(16)17-3/h8-10H,4-7H2,1-3H3. The summed E-state index contributed by atoms with van der Waals surface area (Å²) in [6, 6.07) is 0. The van der Waals surface area contributed by atoms with Crippen LogP contribution in [0.25, 0.3) is 0 Å². The molecule has 5 heteroatoms. The maximum absolute atomic E-state index is 11.4. The molecule has 1 aromatic heterocycles. The van der Waals surface area contributed by atoms with Crippen LogP contribution in [0.1, 0.15) is 63.1 Å². The Bertz CT molecular complexity index is 406. The van der Waals surface area contributed by atoms with Crippen molar-refractivity contribution in [1.82, 2.24) is 10.1 Å². The van der Waals surface area contributed by atoms with Crippen molar-refractivity contribution in [3.63, 3.8) is 0 Å². The summed E-state index contributed by atoms with van der Waals surface area (Å²) in [7, 11) is 1.45. The van der Waals surface area contributed by atoms with E-state index >= 15 is 0 Å². The molecule has 100 valence electrons. The van der Waals surface area contributed by atoms with Crippen LogP contribution in [-0.2, 0) is 9.53 Å². The van der Waals surface area contributed by atoms with Gasteiger partial charge in [-0.2, -0.15) is 4.98 Å². The van der Waals surface area contributed by atoms with E-state index in [1.807, 2.05) is 13.8 Å². The van der Waals surface area contributed by atoms with Gasteiger partial charge >= 0.3 is 5.97 Å². The second kappa shape index (κ2) is 5.50. The van der Waals surface area contributed by atoms with E-state index in [0.29, 0.717) is 5.92 Å². The molecule has 1 aromatic rings. The van der Waals surface area contributed by atoms with E-state index in [1.165, 1.54) is 7.11 Å². The number of hydrogen-bond acceptors (Lipinski definition) is 5. The first-order valence-corrected chi connectivity index (χ1v) is 6.53. The molecule has 1 aliphatic rings. The highest BCUT2D eigenvalue weighted by atomic mass is 16.5. The number of carbonyl (C=O) groups excluding carboxylic acids is 1. The van der Waals surface area contributed by atoms with Gasteiger partial charge in [0, 0.05) is 11.8 Å². The van der Waals surface area contributed by atoms with Crippen LogP contribution in [-0.4, -0.2) is 23.2 Å². The predicted octanol–water partition coefficient (Wildman–Crippen LogP) is 2.64. The molecule has 0 bridgehead atoms. The number of carbonyl (C=O) groups is 1. The summed E-state index contributed by atoms with van der Waals surface area (Å²) in [6.45, 7) is 4.09. The number of rotatable bonds is 3. The Hall–Kier alpha value is -1.39. The van der Waals surface area contributed by atoms with Gasteiger partial charge in [-0.3, -0.25) is 4.79 Å². The largest absolute Gasteiger partial charge is 0.469 e. The Morgan fingerprint density at radius 3 is 2.50 bits per heavy atom. The summed E-state index contributed by atoms with van der Waals surface area (Å²) in [5, 5.41) is 3.98. The van der Waals surface area contributed by atoms with Gasteiger partial charge in [0.1, 0.15) is 0 Å². The van der Waals surface area contributed by atoms with Gasteiger partial charge in [0.2, 0.25) is 5.89 Å². The van der Waals surface area contributed by atoms with Crippen LogP contribution in [0, 0.1) is 5.92 Å². The van der Waals surface area contributed by atoms with Gasteiger partial charge in [-0.15, -0.1) is 0 Å². The smallest absolute Gasteiger partial charge is 0.308 e. The summed E-state index contributed by atoms with van der Waals surface area (Å²) >= 11 is 0. The predicted molar refractivity (Wildman–Crippen MR) is 65.1 cm³/mol. The van der Waals surface area contributed by atoms with Crippen molar-refractivity contribution in [3.8, 4) is 0 Å². The van der Waals surface area contributed by atoms with Crippen molar-refractivity contribution in [3.05, 3.63) is 11.7 Å². The zero-order chi connectivity index (χ0) is 13.1. The number of esters is 1. The van der Waals surface area contributed by atoms with Crippen molar-refractivity contribution < 1.29 is 14.1 Å². The van der Waals surface area contributed by atoms with Crippen LogP contribution in [0.15, 0.2) is 4.52 Å². The number of methoxy groups -OCH3 is 1. The summed E-state index contributed by atoms with van der Waals surface area (Å²) in [4.78, 5) is 15.9. The van der Waals surface area contributed by atoms with Crippen LogP contribution >= 0.6 is 0 Å². The highest BCUT2D eigenvalue weighted by molar-refractivity contribution is 5.72. The second-order valence-electron chi connectivity index (χ2n) is 5.22. The monoisotopic (exact) mass is 252 g/mol. The molecular formula is C13H20N2O3. The summed E-state index contributed by atoms with van der Waals surface area (Å²) < 4.78 is 10.1. The molecule has 0 atom stereocenters. The van der Waals surface area contributed by atoms with Crippen molar-refractivity contribution in [2.45, 2.75) is 51.4 Å². The van der Waals surface area contributed by atoms with E-state index in [4.69, 9.17) is 9.26 Å². The van der Waals surface area contributed by atoms with Crippen molar-refractivity contribution >= 4 is 5.97 Å². The first-order chi connectivity index (χ1) is 8.61. The van der Waals surface area contributed by atoms with E-state index in [1.54, 1.807) is 0 Å². The first-order valence-electron chi connectivity index (χ1n) is 6.53. The number of nitrogens with zero attached hydrogens (tertiary/aromatic N) is 2. The van der Waals surface area contributed by atoms with Crippen LogP contribution in [0.4, 0.5) is 0 Å². The topological polar surface area (TPSA) is 65.2 Å². The van der Waals surface area contributed by atoms with Crippen LogP contribution in [0.3, 0.4) is 0 Å². The van der Waals surface area contributed by atoms with Gasteiger partial charge in [0.15, 0.2) is 5.82 Å². The SMILES string of the molecule is COC(=O)C1CCC(c2nc(C(C)C)no2)CC1. The van der Waals surface area contributed by atoms with Crippen molar-refractivity contribution in [1.29, 1.82) is 0 Å². The Morgan fingerprint density at radius 1 is 1.33 bits per heavy atom. The van der Waals surface area contributed by atoms with Crippen LogP contribution < -0.4 is 0 Å². The molecule has 1 saturated carbocycles. The molecule has 0 N–H and O–H groups in total. The number of aromatic nitrogens is 2. The minimum atomic E-state index is -0.0955. The van der Waals surface area contributed by atoms with Gasteiger partial charge in [-0.05, 0) is 25.7 Å². The molecule has 1 heterocycles. The van der Waals surface area contributed by atoms with Gasteiger partial charge in [-0.1, -0.05) is 19.0 Å². The number of ether oxygens (including phenoxy) is 1. The Labute approximate surface area is 107 Å². The number of hydrogen-bond donors (Lipinski definition) is 0. The minimum Gasteiger partial charge on any atom is -0.469 e. The normalized spacial score (nSPS) is 24.2. The summed E-state index contributed by atoms with van der Waals surface area (Å²) in [6.07, 6.45) is 3.52. The average molecular weight is 252 g/mol. The van der Waals surface area contributed by atoms with Crippen LogP contribution in [0.2, 0.25) is 0 Å². The van der Waals surface area contributed by atoms with E-state index < -0.39 is 0 Å². The fourth-order valence-corrected chi connectivity index (χ4v) is 2.39. The Balaban J connectivity index is 1.94. The Kier molecular flexibility index (Phi) is 3.99. The van der Waals surface area contributed by atoms with E-state index in [9.17, 15) is 4.79 Å². The lowest BCUT2D eigenvalue weighted by atomic mass is 9.82. The van der Waals surface area contributed by atoms with Crippen molar-refractivity contribution in [2.24, 2.45) is 5.92 Å². The molecule has 1 aliphatic carbocycles. The van der Waals surface area contributed by atoms with Crippen LogP contribution in [0.5, 0.6) is 0 Å². The molecule has 0 saturated heterocycles. The maximum Gasteiger partial charge on any atom is 0.308 e. The Morgan fingerprint density at radius 2 is 2.00 bits per heavy atom. The molecule has 0 amide bonds. The second-order valence-corrected chi connectivity index (χ2v) is 5.22. The molecule has 0 unspecified atom stereocenters. The van der Waals surface area contributed by atoms with Gasteiger partial charge < -0.3 is 9.26 Å². The van der Waals surface area contributed by atoms with E-state index in [0.717, 1.165) is 37.4 Å². The molecular weight excluding hydrogens is 232 g/mol. The van der Waals surface area contributed by atoms with Gasteiger partial charge in [-0.25, -0.2) is 0 Å². The molecule has 0 aliphatic heterocycles. The molecule has 0 radical (unpaired) electrons. The fraction of sp³-hybridized carbons (Fsp3) is 0.769. The summed E-state index contributed by atoms with van der Waals surface area (Å²) in [5.74, 6) is 2.02. The third-order valence-corrected chi connectivity index (χ3v) is 3.58. The first kappa shape index (κ1) is 13.1.